The van der Waals surface area contributed by atoms with E-state index in [-0.39, 0.29) is 11.8 Å². The van der Waals surface area contributed by atoms with Crippen LogP contribution >= 0.6 is 0 Å². The Balaban J connectivity index is 2.11. The Kier molecular flexibility index (Phi) is 6.22. The number of benzene rings is 1. The van der Waals surface area contributed by atoms with E-state index in [1.807, 2.05) is 44.2 Å². The predicted molar refractivity (Wildman–Crippen MR) is 72.4 cm³/mol. The number of para-hydroxylation sites is 1. The van der Waals surface area contributed by atoms with Gasteiger partial charge in [0.25, 0.3) is 0 Å². The molecule has 0 fully saturated rings. The van der Waals surface area contributed by atoms with E-state index >= 15 is 0 Å². The fraction of sp³-hybridized carbons (Fsp3) is 0.500. The number of hydrogen-bond donors (Lipinski definition) is 2. The Morgan fingerprint density at radius 1 is 1.33 bits per heavy atom. The van der Waals surface area contributed by atoms with Crippen LogP contribution in [0.3, 0.4) is 0 Å². The van der Waals surface area contributed by atoms with E-state index in [1.54, 1.807) is 0 Å². The molecule has 1 aromatic carbocycles. The molecule has 0 heterocycles. The van der Waals surface area contributed by atoms with Gasteiger partial charge in [-0.2, -0.15) is 0 Å². The van der Waals surface area contributed by atoms with E-state index in [2.05, 4.69) is 5.32 Å². The summed E-state index contributed by atoms with van der Waals surface area (Å²) in [7, 11) is 0. The number of carbonyl (C=O) groups excluding carboxylic acids is 1. The lowest BCUT2D eigenvalue weighted by Gasteiger charge is -2.15. The number of carbonyl (C=O) groups is 1. The summed E-state index contributed by atoms with van der Waals surface area (Å²) in [6, 6.07) is 9.19. The van der Waals surface area contributed by atoms with Gasteiger partial charge in [-0.1, -0.05) is 32.0 Å². The number of nitrogens with one attached hydrogen (secondary N) is 1. The molecule has 100 valence electrons. The Bertz CT molecular complexity index is 352. The molecule has 18 heavy (non-hydrogen) atoms. The molecule has 3 N–H and O–H groups in total. The van der Waals surface area contributed by atoms with Gasteiger partial charge in [-0.25, -0.2) is 0 Å². The Hall–Kier alpha value is -1.55. The molecule has 0 saturated heterocycles. The van der Waals surface area contributed by atoms with Crippen molar-refractivity contribution in [2.75, 3.05) is 13.2 Å². The zero-order valence-corrected chi connectivity index (χ0v) is 11.1. The van der Waals surface area contributed by atoms with Gasteiger partial charge in [0.2, 0.25) is 5.91 Å². The third-order valence-corrected chi connectivity index (χ3v) is 2.65. The van der Waals surface area contributed by atoms with Gasteiger partial charge in [0.1, 0.15) is 5.75 Å². The van der Waals surface area contributed by atoms with Crippen molar-refractivity contribution in [1.82, 2.24) is 5.32 Å². The van der Waals surface area contributed by atoms with E-state index < -0.39 is 6.04 Å². The lowest BCUT2D eigenvalue weighted by Crippen LogP contribution is -2.44. The first kappa shape index (κ1) is 14.5. The van der Waals surface area contributed by atoms with Crippen LogP contribution in [-0.4, -0.2) is 25.1 Å². The highest BCUT2D eigenvalue weighted by Gasteiger charge is 2.15. The second kappa shape index (κ2) is 7.71. The molecule has 1 amide bonds. The summed E-state index contributed by atoms with van der Waals surface area (Å²) in [5.74, 6) is 0.915. The Labute approximate surface area is 109 Å². The maximum absolute atomic E-state index is 11.5. The number of ether oxygens (including phenoxy) is 1. The number of nitrogens with two attached hydrogens (primary N) is 1. The highest BCUT2D eigenvalue weighted by molar-refractivity contribution is 5.81. The third kappa shape index (κ3) is 5.19. The average Bonchev–Trinajstić information content (AvgIpc) is 2.38. The zero-order valence-electron chi connectivity index (χ0n) is 11.1. The van der Waals surface area contributed by atoms with Crippen LogP contribution in [0, 0.1) is 5.92 Å². The van der Waals surface area contributed by atoms with Gasteiger partial charge >= 0.3 is 0 Å². The van der Waals surface area contributed by atoms with Crippen LogP contribution in [0.15, 0.2) is 30.3 Å². The molecule has 1 rings (SSSR count). The maximum atomic E-state index is 11.5. The van der Waals surface area contributed by atoms with E-state index in [1.165, 1.54) is 0 Å². The van der Waals surface area contributed by atoms with Crippen LogP contribution in [0.1, 0.15) is 20.3 Å². The summed E-state index contributed by atoms with van der Waals surface area (Å²) in [5, 5.41) is 2.81. The SMILES string of the molecule is CC(C)C(N)C(=O)NCCCOc1ccccc1. The van der Waals surface area contributed by atoms with Crippen molar-refractivity contribution in [2.24, 2.45) is 11.7 Å². The van der Waals surface area contributed by atoms with E-state index in [9.17, 15) is 4.79 Å². The third-order valence-electron chi connectivity index (χ3n) is 2.65. The largest absolute Gasteiger partial charge is 0.494 e. The summed E-state index contributed by atoms with van der Waals surface area (Å²) in [6.07, 6.45) is 0.769. The van der Waals surface area contributed by atoms with E-state index in [0.717, 1.165) is 12.2 Å². The van der Waals surface area contributed by atoms with Crippen LogP contribution in [0.5, 0.6) is 5.75 Å². The van der Waals surface area contributed by atoms with Crippen molar-refractivity contribution < 1.29 is 9.53 Å². The first-order valence-electron chi connectivity index (χ1n) is 6.32. The molecule has 0 saturated carbocycles. The van der Waals surface area contributed by atoms with E-state index in [4.69, 9.17) is 10.5 Å². The Morgan fingerprint density at radius 3 is 2.61 bits per heavy atom. The quantitative estimate of drug-likeness (QED) is 0.722. The van der Waals surface area contributed by atoms with Crippen molar-refractivity contribution in [3.05, 3.63) is 30.3 Å². The topological polar surface area (TPSA) is 64.4 Å². The normalized spacial score (nSPS) is 12.2. The summed E-state index contributed by atoms with van der Waals surface area (Å²) >= 11 is 0. The second-order valence-corrected chi connectivity index (χ2v) is 4.58. The highest BCUT2D eigenvalue weighted by atomic mass is 16.5. The molecule has 0 spiro atoms. The lowest BCUT2D eigenvalue weighted by atomic mass is 10.1. The lowest BCUT2D eigenvalue weighted by molar-refractivity contribution is -0.123. The summed E-state index contributed by atoms with van der Waals surface area (Å²) in [6.45, 7) is 5.04. The standard InChI is InChI=1S/C14H22N2O2/c1-11(2)13(15)14(17)16-9-6-10-18-12-7-4-3-5-8-12/h3-5,7-8,11,13H,6,9-10,15H2,1-2H3,(H,16,17). The first-order chi connectivity index (χ1) is 8.61. The number of amides is 1. The van der Waals surface area contributed by atoms with E-state index in [0.29, 0.717) is 13.2 Å². The molecule has 1 atom stereocenters. The predicted octanol–water partition coefficient (Wildman–Crippen LogP) is 1.55. The highest BCUT2D eigenvalue weighted by Crippen LogP contribution is 2.08. The number of hydrogen-bond acceptors (Lipinski definition) is 3. The van der Waals surface area contributed by atoms with Crippen molar-refractivity contribution in [3.8, 4) is 5.75 Å². The molecule has 0 aliphatic rings. The average molecular weight is 250 g/mol. The fourth-order valence-corrected chi connectivity index (χ4v) is 1.41. The molecule has 4 nitrogen and oxygen atoms in total. The van der Waals surface area contributed by atoms with Crippen LogP contribution in [0.25, 0.3) is 0 Å². The molecule has 0 aliphatic carbocycles. The molecule has 1 aromatic rings. The van der Waals surface area contributed by atoms with Crippen LogP contribution in [0.2, 0.25) is 0 Å². The fourth-order valence-electron chi connectivity index (χ4n) is 1.41. The van der Waals surface area contributed by atoms with Gasteiger partial charge < -0.3 is 15.8 Å². The maximum Gasteiger partial charge on any atom is 0.237 e. The van der Waals surface area contributed by atoms with Crippen LogP contribution < -0.4 is 15.8 Å². The van der Waals surface area contributed by atoms with Crippen molar-refractivity contribution >= 4 is 5.91 Å². The molecule has 4 heteroatoms. The molecule has 0 aliphatic heterocycles. The van der Waals surface area contributed by atoms with Gasteiger partial charge in [-0.3, -0.25) is 4.79 Å². The summed E-state index contributed by atoms with van der Waals surface area (Å²) in [5.41, 5.74) is 5.72. The monoisotopic (exact) mass is 250 g/mol. The minimum absolute atomic E-state index is 0.0929. The molecule has 0 aromatic heterocycles. The van der Waals surface area contributed by atoms with Gasteiger partial charge in [0, 0.05) is 6.54 Å². The first-order valence-corrected chi connectivity index (χ1v) is 6.32. The summed E-state index contributed by atoms with van der Waals surface area (Å²) in [4.78, 5) is 11.5. The molecule has 1 unspecified atom stereocenters. The van der Waals surface area contributed by atoms with Gasteiger partial charge in [-0.15, -0.1) is 0 Å². The minimum Gasteiger partial charge on any atom is -0.494 e. The summed E-state index contributed by atoms with van der Waals surface area (Å²) < 4.78 is 5.51. The molecule has 0 bridgehead atoms. The van der Waals surface area contributed by atoms with Crippen molar-refractivity contribution in [2.45, 2.75) is 26.3 Å². The van der Waals surface area contributed by atoms with Crippen LogP contribution in [0.4, 0.5) is 0 Å². The number of rotatable bonds is 7. The van der Waals surface area contributed by atoms with Gasteiger partial charge in [-0.05, 0) is 24.5 Å². The van der Waals surface area contributed by atoms with Gasteiger partial charge in [0.15, 0.2) is 0 Å². The van der Waals surface area contributed by atoms with Crippen LogP contribution in [-0.2, 0) is 4.79 Å². The smallest absolute Gasteiger partial charge is 0.237 e. The molecular formula is C14H22N2O2. The van der Waals surface area contributed by atoms with Gasteiger partial charge in [0.05, 0.1) is 12.6 Å². The Morgan fingerprint density at radius 2 is 2.00 bits per heavy atom. The van der Waals surface area contributed by atoms with Crippen molar-refractivity contribution in [3.63, 3.8) is 0 Å². The molecule has 0 radical (unpaired) electrons. The minimum atomic E-state index is -0.431. The zero-order chi connectivity index (χ0) is 13.4. The van der Waals surface area contributed by atoms with Crippen molar-refractivity contribution in [1.29, 1.82) is 0 Å². The molecular weight excluding hydrogens is 228 g/mol. The second-order valence-electron chi connectivity index (χ2n) is 4.58.